The van der Waals surface area contributed by atoms with Crippen LogP contribution < -0.4 is 10.1 Å². The number of allylic oxidation sites excluding steroid dienone is 2. The molecule has 3 nitrogen and oxygen atoms in total. The summed E-state index contributed by atoms with van der Waals surface area (Å²) in [5, 5.41) is 2.85. The Bertz CT molecular complexity index is 541. The van der Waals surface area contributed by atoms with Crippen molar-refractivity contribution in [1.82, 2.24) is 0 Å². The highest BCUT2D eigenvalue weighted by molar-refractivity contribution is 5.92. The van der Waals surface area contributed by atoms with Crippen LogP contribution in [0.2, 0.25) is 0 Å². The summed E-state index contributed by atoms with van der Waals surface area (Å²) in [7, 11) is 0. The van der Waals surface area contributed by atoms with E-state index in [0.29, 0.717) is 5.76 Å². The summed E-state index contributed by atoms with van der Waals surface area (Å²) in [6, 6.07) is 5.66. The summed E-state index contributed by atoms with van der Waals surface area (Å²) in [6.07, 6.45) is 1.90. The maximum Gasteiger partial charge on any atom is 0.226 e. The van der Waals surface area contributed by atoms with E-state index in [1.165, 1.54) is 0 Å². The summed E-state index contributed by atoms with van der Waals surface area (Å²) in [5.41, 5.74) is 2.89. The quantitative estimate of drug-likeness (QED) is 0.862. The Morgan fingerprint density at radius 1 is 1.39 bits per heavy atom. The zero-order valence-corrected chi connectivity index (χ0v) is 10.9. The fourth-order valence-electron chi connectivity index (χ4n) is 1.79. The Morgan fingerprint density at radius 2 is 2.11 bits per heavy atom. The molecule has 0 unspecified atom stereocenters. The van der Waals surface area contributed by atoms with Crippen molar-refractivity contribution in [2.24, 2.45) is 5.92 Å². The second-order valence-electron chi connectivity index (χ2n) is 4.75. The van der Waals surface area contributed by atoms with Gasteiger partial charge in [0.2, 0.25) is 5.91 Å². The van der Waals surface area contributed by atoms with Crippen LogP contribution in [-0.4, -0.2) is 5.91 Å². The van der Waals surface area contributed by atoms with Crippen molar-refractivity contribution in [2.45, 2.75) is 20.8 Å². The van der Waals surface area contributed by atoms with Crippen molar-refractivity contribution < 1.29 is 9.53 Å². The molecule has 1 aromatic carbocycles. The topological polar surface area (TPSA) is 38.3 Å². The number of hydrogen-bond donors (Lipinski definition) is 1. The van der Waals surface area contributed by atoms with Crippen molar-refractivity contribution in [3.05, 3.63) is 42.2 Å². The number of benzene rings is 1. The van der Waals surface area contributed by atoms with Crippen LogP contribution in [0.25, 0.3) is 5.57 Å². The Hall–Kier alpha value is -2.03. The average molecular weight is 243 g/mol. The number of nitrogens with one attached hydrogen (secondary N) is 1. The molecule has 0 atom stereocenters. The molecule has 3 heteroatoms. The number of fused-ring (bicyclic) bond motifs is 1. The van der Waals surface area contributed by atoms with Gasteiger partial charge in [0.1, 0.15) is 11.5 Å². The van der Waals surface area contributed by atoms with Crippen LogP contribution in [0, 0.1) is 5.92 Å². The van der Waals surface area contributed by atoms with Crippen molar-refractivity contribution in [2.75, 3.05) is 5.32 Å². The lowest BCUT2D eigenvalue weighted by Crippen LogP contribution is -2.17. The van der Waals surface area contributed by atoms with Crippen LogP contribution in [0.4, 0.5) is 5.69 Å². The van der Waals surface area contributed by atoms with Gasteiger partial charge in [0.15, 0.2) is 0 Å². The van der Waals surface area contributed by atoms with Gasteiger partial charge in [0, 0.05) is 23.2 Å². The first-order valence-corrected chi connectivity index (χ1v) is 5.97. The molecule has 0 fully saturated rings. The van der Waals surface area contributed by atoms with E-state index in [2.05, 4.69) is 11.9 Å². The van der Waals surface area contributed by atoms with E-state index in [-0.39, 0.29) is 11.8 Å². The Kier molecular flexibility index (Phi) is 3.24. The molecular weight excluding hydrogens is 226 g/mol. The molecule has 1 amide bonds. The predicted octanol–water partition coefficient (Wildman–Crippen LogP) is 3.59. The second kappa shape index (κ2) is 4.69. The highest BCUT2D eigenvalue weighted by atomic mass is 16.5. The van der Waals surface area contributed by atoms with Crippen LogP contribution >= 0.6 is 0 Å². The van der Waals surface area contributed by atoms with Gasteiger partial charge in [0.05, 0.1) is 0 Å². The molecule has 0 aliphatic carbocycles. The minimum atomic E-state index is -0.0430. The number of ether oxygens (including phenoxy) is 1. The molecule has 94 valence electrons. The SMILES string of the molecule is C=C1C=C(C)c2ccc(NC(=O)C(C)C)cc2O1. The molecule has 1 aliphatic heterocycles. The van der Waals surface area contributed by atoms with Crippen LogP contribution in [0.1, 0.15) is 26.3 Å². The lowest BCUT2D eigenvalue weighted by molar-refractivity contribution is -0.118. The van der Waals surface area contributed by atoms with Crippen molar-refractivity contribution >= 4 is 17.2 Å². The molecule has 2 rings (SSSR count). The maximum absolute atomic E-state index is 11.6. The van der Waals surface area contributed by atoms with Gasteiger partial charge in [-0.25, -0.2) is 0 Å². The molecule has 1 aromatic rings. The van der Waals surface area contributed by atoms with E-state index in [0.717, 1.165) is 22.6 Å². The summed E-state index contributed by atoms with van der Waals surface area (Å²) >= 11 is 0. The van der Waals surface area contributed by atoms with E-state index in [4.69, 9.17) is 4.74 Å². The third-order valence-corrected chi connectivity index (χ3v) is 2.82. The third-order valence-electron chi connectivity index (χ3n) is 2.82. The molecule has 1 N–H and O–H groups in total. The van der Waals surface area contributed by atoms with Gasteiger partial charge in [-0.3, -0.25) is 4.79 Å². The lowest BCUT2D eigenvalue weighted by atomic mass is 10.0. The molecule has 1 aliphatic rings. The van der Waals surface area contributed by atoms with Gasteiger partial charge in [0.25, 0.3) is 0 Å². The maximum atomic E-state index is 11.6. The van der Waals surface area contributed by atoms with Crippen molar-refractivity contribution in [1.29, 1.82) is 0 Å². The van der Waals surface area contributed by atoms with Gasteiger partial charge in [-0.1, -0.05) is 20.4 Å². The number of carbonyl (C=O) groups is 1. The second-order valence-corrected chi connectivity index (χ2v) is 4.75. The number of anilines is 1. The summed E-state index contributed by atoms with van der Waals surface area (Å²) in [6.45, 7) is 9.53. The smallest absolute Gasteiger partial charge is 0.226 e. The Labute approximate surface area is 107 Å². The zero-order valence-electron chi connectivity index (χ0n) is 10.9. The number of amides is 1. The molecule has 0 saturated carbocycles. The molecule has 18 heavy (non-hydrogen) atoms. The molecule has 0 aromatic heterocycles. The number of hydrogen-bond acceptors (Lipinski definition) is 2. The van der Waals surface area contributed by atoms with Gasteiger partial charge in [-0.2, -0.15) is 0 Å². The van der Waals surface area contributed by atoms with Crippen molar-refractivity contribution in [3.8, 4) is 5.75 Å². The Balaban J connectivity index is 2.28. The van der Waals surface area contributed by atoms with Crippen LogP contribution in [0.3, 0.4) is 0 Å². The predicted molar refractivity (Wildman–Crippen MR) is 73.3 cm³/mol. The van der Waals surface area contributed by atoms with E-state index < -0.39 is 0 Å². The molecule has 1 heterocycles. The minimum Gasteiger partial charge on any atom is -0.457 e. The average Bonchev–Trinajstić information content (AvgIpc) is 2.27. The molecule has 0 spiro atoms. The van der Waals surface area contributed by atoms with Crippen LogP contribution in [0.15, 0.2) is 36.6 Å². The molecule has 0 saturated heterocycles. The lowest BCUT2D eigenvalue weighted by Gasteiger charge is -2.19. The summed E-state index contributed by atoms with van der Waals surface area (Å²) < 4.78 is 5.56. The van der Waals surface area contributed by atoms with E-state index in [1.807, 2.05) is 45.0 Å². The first-order chi connectivity index (χ1) is 8.47. The van der Waals surface area contributed by atoms with Gasteiger partial charge in [-0.15, -0.1) is 0 Å². The van der Waals surface area contributed by atoms with E-state index >= 15 is 0 Å². The summed E-state index contributed by atoms with van der Waals surface area (Å²) in [5.74, 6) is 1.31. The molecular formula is C15H17NO2. The van der Waals surface area contributed by atoms with Crippen molar-refractivity contribution in [3.63, 3.8) is 0 Å². The fourth-order valence-corrected chi connectivity index (χ4v) is 1.79. The zero-order chi connectivity index (χ0) is 13.3. The normalized spacial score (nSPS) is 13.8. The standard InChI is InChI=1S/C15H17NO2/c1-9(2)15(17)16-12-5-6-13-10(3)7-11(4)18-14(13)8-12/h5-9H,4H2,1-3H3,(H,16,17). The fraction of sp³-hybridized carbons (Fsp3) is 0.267. The largest absolute Gasteiger partial charge is 0.457 e. The summed E-state index contributed by atoms with van der Waals surface area (Å²) in [4.78, 5) is 11.6. The van der Waals surface area contributed by atoms with Crippen LogP contribution in [0.5, 0.6) is 5.75 Å². The third kappa shape index (κ3) is 2.45. The highest BCUT2D eigenvalue weighted by Crippen LogP contribution is 2.34. The Morgan fingerprint density at radius 3 is 2.78 bits per heavy atom. The monoisotopic (exact) mass is 243 g/mol. The van der Waals surface area contributed by atoms with Gasteiger partial charge in [-0.05, 0) is 30.7 Å². The highest BCUT2D eigenvalue weighted by Gasteiger charge is 2.14. The first kappa shape index (κ1) is 12.4. The van der Waals surface area contributed by atoms with E-state index in [9.17, 15) is 4.79 Å². The number of carbonyl (C=O) groups excluding carboxylic acids is 1. The first-order valence-electron chi connectivity index (χ1n) is 5.97. The van der Waals surface area contributed by atoms with Crippen LogP contribution in [-0.2, 0) is 4.79 Å². The van der Waals surface area contributed by atoms with Gasteiger partial charge >= 0.3 is 0 Å². The van der Waals surface area contributed by atoms with Gasteiger partial charge < -0.3 is 10.1 Å². The molecule has 0 radical (unpaired) electrons. The molecule has 0 bridgehead atoms. The number of rotatable bonds is 2. The van der Waals surface area contributed by atoms with E-state index in [1.54, 1.807) is 0 Å². The minimum absolute atomic E-state index is 0.00292.